The lowest BCUT2D eigenvalue weighted by atomic mass is 9.79. The third kappa shape index (κ3) is 4.45. The predicted octanol–water partition coefficient (Wildman–Crippen LogP) is 10.3. The molecule has 228 valence electrons. The minimum absolute atomic E-state index is 0.417. The molecule has 0 amide bonds. The molecule has 1 aliphatic rings. The van der Waals surface area contributed by atoms with E-state index in [-0.39, 0.29) is 0 Å². The highest BCUT2D eigenvalue weighted by molar-refractivity contribution is 6.62. The van der Waals surface area contributed by atoms with Gasteiger partial charge in [0.2, 0.25) is 0 Å². The Hall–Kier alpha value is -5.10. The lowest BCUT2D eigenvalue weighted by Crippen LogP contribution is -2.41. The summed E-state index contributed by atoms with van der Waals surface area (Å²) in [7, 11) is -0.447. The van der Waals surface area contributed by atoms with Crippen LogP contribution in [-0.2, 0) is 9.31 Å². The maximum Gasteiger partial charge on any atom is 0.494 e. The van der Waals surface area contributed by atoms with E-state index in [1.807, 2.05) is 12.1 Å². The summed E-state index contributed by atoms with van der Waals surface area (Å²) in [4.78, 5) is 0. The van der Waals surface area contributed by atoms with Crippen LogP contribution < -0.4 is 5.46 Å². The topological polar surface area (TPSA) is 36.5 Å². The first kappa shape index (κ1) is 28.2. The van der Waals surface area contributed by atoms with E-state index in [0.717, 1.165) is 60.8 Å². The van der Waals surface area contributed by atoms with Gasteiger partial charge in [-0.25, -0.2) is 0 Å². The summed E-state index contributed by atoms with van der Waals surface area (Å²) >= 11 is 0. The van der Waals surface area contributed by atoms with Crippen LogP contribution >= 0.6 is 0 Å². The van der Waals surface area contributed by atoms with E-state index in [0.29, 0.717) is 0 Å². The molecule has 0 N–H and O–H groups in total. The molecule has 0 aliphatic carbocycles. The molecule has 5 heteroatoms. The van der Waals surface area contributed by atoms with Crippen molar-refractivity contribution in [1.82, 2.24) is 4.57 Å². The van der Waals surface area contributed by atoms with Crippen LogP contribution in [0.15, 0.2) is 138 Å². The SMILES string of the molecule is CC1(C)OB(c2ccc3c4ccccc4n(-c4cc(-c5ccccc5)cc(-c5ccc6c(c5)oc5ccccc56)c4)c3c2)OC1(C)C. The highest BCUT2D eigenvalue weighted by Crippen LogP contribution is 2.39. The Labute approximate surface area is 274 Å². The molecule has 9 rings (SSSR count). The Morgan fingerprint density at radius 1 is 0.468 bits per heavy atom. The number of hydrogen-bond donors (Lipinski definition) is 0. The van der Waals surface area contributed by atoms with Crippen LogP contribution in [0.2, 0.25) is 0 Å². The van der Waals surface area contributed by atoms with E-state index >= 15 is 0 Å². The Morgan fingerprint density at radius 2 is 1.09 bits per heavy atom. The number of benzene rings is 6. The highest BCUT2D eigenvalue weighted by Gasteiger charge is 2.51. The molecule has 0 saturated carbocycles. The Bertz CT molecular complexity index is 2470. The van der Waals surface area contributed by atoms with Gasteiger partial charge in [-0.05, 0) is 104 Å². The first-order chi connectivity index (χ1) is 22.8. The highest BCUT2D eigenvalue weighted by atomic mass is 16.7. The summed E-state index contributed by atoms with van der Waals surface area (Å²) in [6.45, 7) is 8.40. The van der Waals surface area contributed by atoms with Gasteiger partial charge >= 0.3 is 7.12 Å². The second kappa shape index (κ2) is 10.2. The van der Waals surface area contributed by atoms with Crippen LogP contribution in [0.3, 0.4) is 0 Å². The smallest absolute Gasteiger partial charge is 0.456 e. The summed E-state index contributed by atoms with van der Waals surface area (Å²) < 4.78 is 21.7. The summed E-state index contributed by atoms with van der Waals surface area (Å²) in [6, 6.07) is 47.5. The lowest BCUT2D eigenvalue weighted by molar-refractivity contribution is 0.00578. The van der Waals surface area contributed by atoms with Crippen molar-refractivity contribution < 1.29 is 13.7 Å². The number of hydrogen-bond acceptors (Lipinski definition) is 3. The zero-order valence-corrected chi connectivity index (χ0v) is 27.0. The number of rotatable bonds is 4. The molecule has 6 aromatic carbocycles. The molecule has 1 saturated heterocycles. The van der Waals surface area contributed by atoms with Gasteiger partial charge in [-0.15, -0.1) is 0 Å². The molecule has 47 heavy (non-hydrogen) atoms. The van der Waals surface area contributed by atoms with Crippen LogP contribution in [-0.4, -0.2) is 22.9 Å². The average molecular weight is 612 g/mol. The normalized spacial score (nSPS) is 15.8. The molecule has 3 heterocycles. The van der Waals surface area contributed by atoms with Gasteiger partial charge < -0.3 is 18.3 Å². The predicted molar refractivity (Wildman–Crippen MR) is 195 cm³/mol. The minimum Gasteiger partial charge on any atom is -0.456 e. The first-order valence-corrected chi connectivity index (χ1v) is 16.3. The van der Waals surface area contributed by atoms with Gasteiger partial charge in [0.15, 0.2) is 0 Å². The number of para-hydroxylation sites is 2. The Balaban J connectivity index is 1.27. The van der Waals surface area contributed by atoms with Crippen molar-refractivity contribution in [2.45, 2.75) is 38.9 Å². The zero-order chi connectivity index (χ0) is 31.9. The fraction of sp³-hybridized carbons (Fsp3) is 0.143. The van der Waals surface area contributed by atoms with E-state index in [1.165, 1.54) is 16.3 Å². The number of aromatic nitrogens is 1. The standard InChI is InChI=1S/C42H34BNO3/c1-41(2)42(3,4)47-43(46-41)31-19-21-34-33-14-8-10-16-37(33)44(38(34)26-31)32-23-29(27-12-6-5-7-13-27)22-30(24-32)28-18-20-36-35-15-9-11-17-39(35)45-40(36)25-28/h5-26H,1-4H3. The summed E-state index contributed by atoms with van der Waals surface area (Å²) in [5, 5.41) is 4.66. The van der Waals surface area contributed by atoms with Crippen molar-refractivity contribution in [2.75, 3.05) is 0 Å². The van der Waals surface area contributed by atoms with Gasteiger partial charge in [-0.2, -0.15) is 0 Å². The molecular weight excluding hydrogens is 577 g/mol. The quantitative estimate of drug-likeness (QED) is 0.186. The van der Waals surface area contributed by atoms with Crippen LogP contribution in [0.4, 0.5) is 0 Å². The van der Waals surface area contributed by atoms with Crippen LogP contribution in [0, 0.1) is 0 Å². The molecule has 1 aliphatic heterocycles. The molecule has 0 atom stereocenters. The third-order valence-corrected chi connectivity index (χ3v) is 10.2. The number of furan rings is 1. The third-order valence-electron chi connectivity index (χ3n) is 10.2. The molecule has 8 aromatic rings. The summed E-state index contributed by atoms with van der Waals surface area (Å²) in [5.74, 6) is 0. The lowest BCUT2D eigenvalue weighted by Gasteiger charge is -2.32. The van der Waals surface area contributed by atoms with E-state index in [1.54, 1.807) is 0 Å². The monoisotopic (exact) mass is 611 g/mol. The number of nitrogens with zero attached hydrogens (tertiary/aromatic N) is 1. The number of fused-ring (bicyclic) bond motifs is 6. The molecule has 0 radical (unpaired) electrons. The molecule has 4 nitrogen and oxygen atoms in total. The van der Waals surface area contributed by atoms with Gasteiger partial charge in [0.1, 0.15) is 11.2 Å². The average Bonchev–Trinajstić information content (AvgIpc) is 3.70. The van der Waals surface area contributed by atoms with E-state index in [9.17, 15) is 0 Å². The second-order valence-corrected chi connectivity index (χ2v) is 13.7. The largest absolute Gasteiger partial charge is 0.494 e. The van der Waals surface area contributed by atoms with Gasteiger partial charge in [-0.1, -0.05) is 84.9 Å². The first-order valence-electron chi connectivity index (χ1n) is 16.3. The molecule has 2 aromatic heterocycles. The fourth-order valence-corrected chi connectivity index (χ4v) is 7.00. The van der Waals surface area contributed by atoms with Crippen molar-refractivity contribution in [3.8, 4) is 27.9 Å². The molecule has 0 bridgehead atoms. The minimum atomic E-state index is -0.447. The Morgan fingerprint density at radius 3 is 1.87 bits per heavy atom. The van der Waals surface area contributed by atoms with Gasteiger partial charge in [-0.3, -0.25) is 0 Å². The van der Waals surface area contributed by atoms with Gasteiger partial charge in [0.25, 0.3) is 0 Å². The van der Waals surface area contributed by atoms with Crippen LogP contribution in [0.1, 0.15) is 27.7 Å². The molecule has 0 unspecified atom stereocenters. The molecule has 0 spiro atoms. The fourth-order valence-electron chi connectivity index (χ4n) is 7.00. The van der Waals surface area contributed by atoms with Crippen LogP contribution in [0.5, 0.6) is 0 Å². The van der Waals surface area contributed by atoms with E-state index in [2.05, 4.69) is 154 Å². The maximum absolute atomic E-state index is 6.49. The van der Waals surface area contributed by atoms with E-state index < -0.39 is 18.3 Å². The van der Waals surface area contributed by atoms with Crippen molar-refractivity contribution in [2.24, 2.45) is 0 Å². The van der Waals surface area contributed by atoms with Gasteiger partial charge in [0, 0.05) is 27.2 Å². The van der Waals surface area contributed by atoms with Gasteiger partial charge in [0.05, 0.1) is 22.2 Å². The zero-order valence-electron chi connectivity index (χ0n) is 27.0. The van der Waals surface area contributed by atoms with Crippen LogP contribution in [0.25, 0.3) is 71.7 Å². The molecular formula is C42H34BNO3. The van der Waals surface area contributed by atoms with Crippen molar-refractivity contribution in [3.63, 3.8) is 0 Å². The van der Waals surface area contributed by atoms with Crippen molar-refractivity contribution >= 4 is 56.3 Å². The Kier molecular flexibility index (Phi) is 6.11. The summed E-state index contributed by atoms with van der Waals surface area (Å²) in [5.41, 5.74) is 9.86. The summed E-state index contributed by atoms with van der Waals surface area (Å²) in [6.07, 6.45) is 0. The second-order valence-electron chi connectivity index (χ2n) is 13.7. The van der Waals surface area contributed by atoms with E-state index in [4.69, 9.17) is 13.7 Å². The van der Waals surface area contributed by atoms with Crippen molar-refractivity contribution in [1.29, 1.82) is 0 Å². The molecule has 1 fully saturated rings. The maximum atomic E-state index is 6.49. The van der Waals surface area contributed by atoms with Crippen molar-refractivity contribution in [3.05, 3.63) is 133 Å².